The monoisotopic (exact) mass is 484 g/mol. The second-order valence-corrected chi connectivity index (χ2v) is 8.49. The van der Waals surface area contributed by atoms with Gasteiger partial charge in [0.05, 0.1) is 35.8 Å². The van der Waals surface area contributed by atoms with Crippen LogP contribution in [-0.2, 0) is 11.3 Å². The molecule has 8 nitrogen and oxygen atoms in total. The van der Waals surface area contributed by atoms with Gasteiger partial charge in [-0.25, -0.2) is 14.8 Å². The Morgan fingerprint density at radius 2 is 1.88 bits per heavy atom. The first-order valence-electron chi connectivity index (χ1n) is 10.1. The van der Waals surface area contributed by atoms with E-state index < -0.39 is 5.97 Å². The Hall–Kier alpha value is -3.43. The van der Waals surface area contributed by atoms with Crippen LogP contribution < -0.4 is 9.64 Å². The van der Waals surface area contributed by atoms with E-state index in [1.807, 2.05) is 10.8 Å². The summed E-state index contributed by atoms with van der Waals surface area (Å²) >= 11 is 7.72. The lowest BCUT2D eigenvalue weighted by Crippen LogP contribution is -2.32. The Kier molecular flexibility index (Phi) is 6.90. The van der Waals surface area contributed by atoms with Crippen LogP contribution in [0.5, 0.6) is 5.75 Å². The minimum absolute atomic E-state index is 0.230. The Morgan fingerprint density at radius 3 is 2.55 bits per heavy atom. The number of aryl methyl sites for hydroxylation is 1. The Balaban J connectivity index is 1.67. The zero-order chi connectivity index (χ0) is 23.4. The molecule has 33 heavy (non-hydrogen) atoms. The van der Waals surface area contributed by atoms with Gasteiger partial charge in [0.15, 0.2) is 5.13 Å². The third-order valence-electron chi connectivity index (χ3n) is 5.05. The number of fused-ring (bicyclic) bond motifs is 1. The fourth-order valence-electron chi connectivity index (χ4n) is 3.36. The summed E-state index contributed by atoms with van der Waals surface area (Å²) in [5, 5.41) is 1.06. The number of carbonyl (C=O) groups is 2. The van der Waals surface area contributed by atoms with Crippen molar-refractivity contribution in [2.75, 3.05) is 25.7 Å². The summed E-state index contributed by atoms with van der Waals surface area (Å²) < 4.78 is 12.9. The number of aromatic nitrogens is 3. The first-order chi connectivity index (χ1) is 16.0. The van der Waals surface area contributed by atoms with Crippen molar-refractivity contribution in [2.45, 2.75) is 13.0 Å². The Morgan fingerprint density at radius 1 is 1.12 bits per heavy atom. The fraction of sp³-hybridized carbons (Fsp3) is 0.217. The van der Waals surface area contributed by atoms with E-state index in [0.717, 1.165) is 4.70 Å². The Labute approximate surface area is 199 Å². The van der Waals surface area contributed by atoms with Gasteiger partial charge in [-0.1, -0.05) is 22.9 Å². The molecule has 0 aliphatic rings. The number of rotatable bonds is 8. The van der Waals surface area contributed by atoms with Crippen molar-refractivity contribution >= 4 is 50.2 Å². The van der Waals surface area contributed by atoms with Crippen LogP contribution in [0.2, 0.25) is 5.02 Å². The second-order valence-electron chi connectivity index (χ2n) is 7.10. The summed E-state index contributed by atoms with van der Waals surface area (Å²) in [6.07, 6.45) is 6.01. The molecular formula is C23H21ClN4O4S. The van der Waals surface area contributed by atoms with Crippen LogP contribution >= 0.6 is 22.9 Å². The van der Waals surface area contributed by atoms with Gasteiger partial charge in [-0.15, -0.1) is 0 Å². The molecule has 0 saturated carbocycles. The molecular weight excluding hydrogens is 464 g/mol. The molecule has 0 N–H and O–H groups in total. The average Bonchev–Trinajstić information content (AvgIpc) is 3.52. The number of carbonyl (C=O) groups excluding carboxylic acids is 2. The van der Waals surface area contributed by atoms with Gasteiger partial charge in [0.1, 0.15) is 11.3 Å². The molecule has 0 aliphatic carbocycles. The maximum absolute atomic E-state index is 13.5. The molecule has 4 rings (SSSR count). The van der Waals surface area contributed by atoms with Crippen LogP contribution in [-0.4, -0.2) is 47.2 Å². The van der Waals surface area contributed by atoms with Crippen LogP contribution in [0.3, 0.4) is 0 Å². The summed E-state index contributed by atoms with van der Waals surface area (Å²) in [5.74, 6) is -0.101. The van der Waals surface area contributed by atoms with E-state index in [1.54, 1.807) is 60.9 Å². The smallest absolute Gasteiger partial charge is 0.337 e. The van der Waals surface area contributed by atoms with Gasteiger partial charge in [0, 0.05) is 31.0 Å². The third kappa shape index (κ3) is 4.84. The minimum Gasteiger partial charge on any atom is -0.494 e. The molecule has 10 heteroatoms. The maximum atomic E-state index is 13.5. The molecule has 0 atom stereocenters. The largest absolute Gasteiger partial charge is 0.494 e. The van der Waals surface area contributed by atoms with Crippen molar-refractivity contribution in [3.8, 4) is 5.75 Å². The second kappa shape index (κ2) is 10.0. The van der Waals surface area contributed by atoms with Crippen molar-refractivity contribution < 1.29 is 19.1 Å². The molecule has 2 heterocycles. The Bertz CT molecular complexity index is 1270. The number of amides is 1. The van der Waals surface area contributed by atoms with Gasteiger partial charge in [0.25, 0.3) is 5.91 Å². The highest BCUT2D eigenvalue weighted by molar-refractivity contribution is 7.23. The van der Waals surface area contributed by atoms with Gasteiger partial charge in [-0.2, -0.15) is 0 Å². The number of esters is 1. The lowest BCUT2D eigenvalue weighted by atomic mass is 10.1. The summed E-state index contributed by atoms with van der Waals surface area (Å²) in [5.41, 5.74) is 1.42. The maximum Gasteiger partial charge on any atom is 0.337 e. The summed E-state index contributed by atoms with van der Waals surface area (Å²) in [4.78, 5) is 35.6. The van der Waals surface area contributed by atoms with Gasteiger partial charge in [-0.3, -0.25) is 9.69 Å². The molecule has 0 saturated heterocycles. The number of benzene rings is 2. The number of hydrogen-bond acceptors (Lipinski definition) is 7. The van der Waals surface area contributed by atoms with Gasteiger partial charge in [-0.05, 0) is 42.8 Å². The van der Waals surface area contributed by atoms with E-state index in [0.29, 0.717) is 52.1 Å². The standard InChI is InChI=1S/C23H21ClN4O4S/c1-31-18-9-8-17(24)20-19(18)26-23(33-20)28(12-3-11-27-13-10-25-14-27)21(29)15-4-6-16(7-5-15)22(30)32-2/h4-10,13-14H,3,11-12H2,1-2H3. The number of methoxy groups -OCH3 is 2. The van der Waals surface area contributed by atoms with Crippen molar-refractivity contribution in [3.05, 3.63) is 71.3 Å². The first-order valence-corrected chi connectivity index (χ1v) is 11.3. The lowest BCUT2D eigenvalue weighted by molar-refractivity contribution is 0.0600. The van der Waals surface area contributed by atoms with Crippen LogP contribution in [0.1, 0.15) is 27.1 Å². The quantitative estimate of drug-likeness (QED) is 0.337. The molecule has 0 aliphatic heterocycles. The van der Waals surface area contributed by atoms with Crippen molar-refractivity contribution in [1.29, 1.82) is 0 Å². The average molecular weight is 485 g/mol. The normalized spacial score (nSPS) is 10.9. The number of hydrogen-bond donors (Lipinski definition) is 0. The van der Waals surface area contributed by atoms with E-state index >= 15 is 0 Å². The van der Waals surface area contributed by atoms with Gasteiger partial charge >= 0.3 is 5.97 Å². The number of anilines is 1. The molecule has 0 fully saturated rings. The molecule has 0 unspecified atom stereocenters. The van der Waals surface area contributed by atoms with Gasteiger partial charge < -0.3 is 14.0 Å². The lowest BCUT2D eigenvalue weighted by Gasteiger charge is -2.20. The minimum atomic E-state index is -0.459. The van der Waals surface area contributed by atoms with Crippen LogP contribution in [0.15, 0.2) is 55.1 Å². The number of thiazole rings is 1. The molecule has 4 aromatic rings. The molecule has 2 aromatic carbocycles. The van der Waals surface area contributed by atoms with Crippen molar-refractivity contribution in [3.63, 3.8) is 0 Å². The van der Waals surface area contributed by atoms with Crippen LogP contribution in [0, 0.1) is 0 Å². The van der Waals surface area contributed by atoms with Crippen LogP contribution in [0.4, 0.5) is 5.13 Å². The SMILES string of the molecule is COC(=O)c1ccc(C(=O)N(CCCn2ccnc2)c2nc3c(OC)ccc(Cl)c3s2)cc1. The molecule has 0 radical (unpaired) electrons. The number of nitrogens with zero attached hydrogens (tertiary/aromatic N) is 4. The first kappa shape index (κ1) is 22.8. The van der Waals surface area contributed by atoms with E-state index in [-0.39, 0.29) is 5.91 Å². The van der Waals surface area contributed by atoms with E-state index in [9.17, 15) is 9.59 Å². The highest BCUT2D eigenvalue weighted by Gasteiger charge is 2.23. The fourth-order valence-corrected chi connectivity index (χ4v) is 4.64. The number of ether oxygens (including phenoxy) is 2. The highest BCUT2D eigenvalue weighted by Crippen LogP contribution is 2.39. The van der Waals surface area contributed by atoms with E-state index in [4.69, 9.17) is 21.1 Å². The van der Waals surface area contributed by atoms with E-state index in [1.165, 1.54) is 18.4 Å². The number of halogens is 1. The summed E-state index contributed by atoms with van der Waals surface area (Å²) in [7, 11) is 2.88. The third-order valence-corrected chi connectivity index (χ3v) is 6.59. The zero-order valence-corrected chi connectivity index (χ0v) is 19.6. The topological polar surface area (TPSA) is 86.6 Å². The molecule has 2 aromatic heterocycles. The molecule has 0 bridgehead atoms. The number of imidazole rings is 1. The highest BCUT2D eigenvalue weighted by atomic mass is 35.5. The predicted molar refractivity (Wildman–Crippen MR) is 127 cm³/mol. The zero-order valence-electron chi connectivity index (χ0n) is 18.0. The van der Waals surface area contributed by atoms with Gasteiger partial charge in [0.2, 0.25) is 0 Å². The van der Waals surface area contributed by atoms with Crippen molar-refractivity contribution in [1.82, 2.24) is 14.5 Å². The molecule has 170 valence electrons. The van der Waals surface area contributed by atoms with Crippen molar-refractivity contribution in [2.24, 2.45) is 0 Å². The van der Waals surface area contributed by atoms with Crippen LogP contribution in [0.25, 0.3) is 10.2 Å². The summed E-state index contributed by atoms with van der Waals surface area (Å²) in [6.45, 7) is 1.12. The molecule has 1 amide bonds. The van der Waals surface area contributed by atoms with E-state index in [2.05, 4.69) is 9.97 Å². The predicted octanol–water partition coefficient (Wildman–Crippen LogP) is 4.68. The summed E-state index contributed by atoms with van der Waals surface area (Å²) in [6, 6.07) is 9.87. The molecule has 0 spiro atoms.